The molecule has 1 aliphatic rings. The van der Waals surface area contributed by atoms with Gasteiger partial charge in [-0.1, -0.05) is 43.7 Å². The van der Waals surface area contributed by atoms with E-state index in [9.17, 15) is 5.26 Å². The van der Waals surface area contributed by atoms with Crippen LogP contribution in [0.1, 0.15) is 37.1 Å². The molecule has 126 valence electrons. The maximum Gasteiger partial charge on any atom is 0.133 e. The highest BCUT2D eigenvalue weighted by Gasteiger charge is 2.26. The molecule has 24 heavy (non-hydrogen) atoms. The summed E-state index contributed by atoms with van der Waals surface area (Å²) in [5.74, 6) is 2.29. The molecule has 1 fully saturated rings. The van der Waals surface area contributed by atoms with Crippen molar-refractivity contribution >= 4 is 11.5 Å². The third-order valence-corrected chi connectivity index (χ3v) is 4.84. The zero-order valence-corrected chi connectivity index (χ0v) is 14.8. The molecule has 0 saturated carbocycles. The predicted octanol–water partition coefficient (Wildman–Crippen LogP) is 3.78. The van der Waals surface area contributed by atoms with Gasteiger partial charge in [-0.25, -0.2) is 0 Å². The van der Waals surface area contributed by atoms with E-state index in [0.29, 0.717) is 29.8 Å². The van der Waals surface area contributed by atoms with Crippen LogP contribution in [0.25, 0.3) is 0 Å². The normalized spacial score (nSPS) is 20.8. The van der Waals surface area contributed by atoms with E-state index in [-0.39, 0.29) is 0 Å². The molecule has 0 bridgehead atoms. The van der Waals surface area contributed by atoms with Crippen LogP contribution in [-0.2, 0) is 6.54 Å². The van der Waals surface area contributed by atoms with Gasteiger partial charge in [0, 0.05) is 13.1 Å². The summed E-state index contributed by atoms with van der Waals surface area (Å²) < 4.78 is 2.07. The lowest BCUT2D eigenvalue weighted by molar-refractivity contribution is 0.353. The molecule has 4 heteroatoms. The number of rotatable bonds is 3. The fourth-order valence-electron chi connectivity index (χ4n) is 3.88. The third kappa shape index (κ3) is 3.26. The summed E-state index contributed by atoms with van der Waals surface area (Å²) in [6.45, 7) is 9.33. The van der Waals surface area contributed by atoms with Crippen molar-refractivity contribution in [3.8, 4) is 6.07 Å². The van der Waals surface area contributed by atoms with Crippen molar-refractivity contribution in [3.63, 3.8) is 0 Å². The molecule has 0 amide bonds. The van der Waals surface area contributed by atoms with E-state index in [1.807, 2.05) is 6.07 Å². The SMILES string of the molecule is Cc1ccc(Cn2c(C#N)cc(N)c2N2CC(C)CC(C)C2)cc1. The quantitative estimate of drug-likeness (QED) is 0.935. The topological polar surface area (TPSA) is 58.0 Å². The third-order valence-electron chi connectivity index (χ3n) is 4.84. The van der Waals surface area contributed by atoms with Gasteiger partial charge < -0.3 is 15.2 Å². The molecule has 3 rings (SSSR count). The molecule has 1 saturated heterocycles. The minimum absolute atomic E-state index is 0.633. The summed E-state index contributed by atoms with van der Waals surface area (Å²) in [6, 6.07) is 12.6. The van der Waals surface area contributed by atoms with E-state index in [1.54, 1.807) is 0 Å². The number of anilines is 2. The fraction of sp³-hybridized carbons (Fsp3) is 0.450. The zero-order chi connectivity index (χ0) is 17.3. The van der Waals surface area contributed by atoms with Crippen molar-refractivity contribution in [1.29, 1.82) is 5.26 Å². The molecular formula is C20H26N4. The fourth-order valence-corrected chi connectivity index (χ4v) is 3.88. The highest BCUT2D eigenvalue weighted by atomic mass is 15.3. The van der Waals surface area contributed by atoms with Crippen molar-refractivity contribution in [3.05, 3.63) is 47.2 Å². The number of nitrogens with two attached hydrogens (primary N) is 1. The van der Waals surface area contributed by atoms with E-state index in [4.69, 9.17) is 5.73 Å². The molecule has 2 heterocycles. The van der Waals surface area contributed by atoms with Crippen LogP contribution in [0.15, 0.2) is 30.3 Å². The second-order valence-corrected chi connectivity index (χ2v) is 7.34. The molecule has 2 aromatic rings. The smallest absolute Gasteiger partial charge is 0.133 e. The summed E-state index contributed by atoms with van der Waals surface area (Å²) in [5, 5.41) is 9.54. The Bertz CT molecular complexity index is 741. The summed E-state index contributed by atoms with van der Waals surface area (Å²) >= 11 is 0. The number of hydrogen-bond donors (Lipinski definition) is 1. The maximum atomic E-state index is 9.54. The molecule has 2 unspecified atom stereocenters. The molecule has 0 spiro atoms. The van der Waals surface area contributed by atoms with Crippen LogP contribution in [-0.4, -0.2) is 17.7 Å². The van der Waals surface area contributed by atoms with Crippen molar-refractivity contribution in [1.82, 2.24) is 4.57 Å². The van der Waals surface area contributed by atoms with Crippen LogP contribution < -0.4 is 10.6 Å². The summed E-state index contributed by atoms with van der Waals surface area (Å²) in [7, 11) is 0. The van der Waals surface area contributed by atoms with E-state index in [1.165, 1.54) is 17.5 Å². The van der Waals surface area contributed by atoms with Gasteiger partial charge in [-0.2, -0.15) is 5.26 Å². The summed E-state index contributed by atoms with van der Waals surface area (Å²) in [6.07, 6.45) is 1.25. The van der Waals surface area contributed by atoms with Gasteiger partial charge in [-0.05, 0) is 36.8 Å². The average Bonchev–Trinajstić information content (AvgIpc) is 2.84. The van der Waals surface area contributed by atoms with Crippen molar-refractivity contribution < 1.29 is 0 Å². The highest BCUT2D eigenvalue weighted by Crippen LogP contribution is 2.33. The van der Waals surface area contributed by atoms with Gasteiger partial charge in [0.05, 0.1) is 12.2 Å². The van der Waals surface area contributed by atoms with Gasteiger partial charge >= 0.3 is 0 Å². The molecule has 0 radical (unpaired) electrons. The van der Waals surface area contributed by atoms with Gasteiger partial charge in [-0.3, -0.25) is 0 Å². The average molecular weight is 322 g/mol. The molecular weight excluding hydrogens is 296 g/mol. The number of piperidine rings is 1. The first kappa shape index (κ1) is 16.4. The first-order valence-corrected chi connectivity index (χ1v) is 8.67. The second-order valence-electron chi connectivity index (χ2n) is 7.34. The number of nitrogens with zero attached hydrogens (tertiary/aromatic N) is 3. The number of nitrogen functional groups attached to an aromatic ring is 1. The Labute approximate surface area is 144 Å². The molecule has 4 nitrogen and oxygen atoms in total. The van der Waals surface area contributed by atoms with Crippen LogP contribution in [0, 0.1) is 30.1 Å². The van der Waals surface area contributed by atoms with Crippen LogP contribution in [0.5, 0.6) is 0 Å². The Morgan fingerprint density at radius 3 is 2.38 bits per heavy atom. The zero-order valence-electron chi connectivity index (χ0n) is 14.8. The highest BCUT2D eigenvalue weighted by molar-refractivity contribution is 5.68. The first-order chi connectivity index (χ1) is 11.5. The number of hydrogen-bond acceptors (Lipinski definition) is 3. The lowest BCUT2D eigenvalue weighted by Gasteiger charge is -2.37. The Balaban J connectivity index is 1.98. The van der Waals surface area contributed by atoms with Gasteiger partial charge in [0.2, 0.25) is 0 Å². The Hall–Kier alpha value is -2.41. The first-order valence-electron chi connectivity index (χ1n) is 8.67. The van der Waals surface area contributed by atoms with E-state index in [0.717, 1.165) is 18.9 Å². The molecule has 1 aliphatic heterocycles. The maximum absolute atomic E-state index is 9.54. The summed E-state index contributed by atoms with van der Waals surface area (Å²) in [4.78, 5) is 2.36. The van der Waals surface area contributed by atoms with Crippen molar-refractivity contribution in [2.75, 3.05) is 23.7 Å². The minimum atomic E-state index is 0.633. The van der Waals surface area contributed by atoms with Crippen LogP contribution in [0.2, 0.25) is 0 Å². The Morgan fingerprint density at radius 1 is 1.17 bits per heavy atom. The van der Waals surface area contributed by atoms with Crippen LogP contribution >= 0.6 is 0 Å². The monoisotopic (exact) mass is 322 g/mol. The number of nitriles is 1. The largest absolute Gasteiger partial charge is 0.396 e. The number of aromatic nitrogens is 1. The Morgan fingerprint density at radius 2 is 1.79 bits per heavy atom. The molecule has 1 aromatic carbocycles. The molecule has 0 aliphatic carbocycles. The second kappa shape index (κ2) is 6.60. The van der Waals surface area contributed by atoms with Crippen molar-refractivity contribution in [2.45, 2.75) is 33.7 Å². The van der Waals surface area contributed by atoms with Crippen molar-refractivity contribution in [2.24, 2.45) is 11.8 Å². The van der Waals surface area contributed by atoms with Gasteiger partial charge in [0.15, 0.2) is 0 Å². The summed E-state index contributed by atoms with van der Waals surface area (Å²) in [5.41, 5.74) is 10.1. The van der Waals surface area contributed by atoms with E-state index >= 15 is 0 Å². The predicted molar refractivity (Wildman–Crippen MR) is 99.0 cm³/mol. The molecule has 2 atom stereocenters. The molecule has 2 N–H and O–H groups in total. The van der Waals surface area contributed by atoms with Gasteiger partial charge in [0.25, 0.3) is 0 Å². The lowest BCUT2D eigenvalue weighted by atomic mass is 9.92. The number of aryl methyl sites for hydroxylation is 1. The Kier molecular flexibility index (Phi) is 4.53. The van der Waals surface area contributed by atoms with Crippen LogP contribution in [0.4, 0.5) is 11.5 Å². The van der Waals surface area contributed by atoms with Gasteiger partial charge in [0.1, 0.15) is 17.6 Å². The lowest BCUT2D eigenvalue weighted by Crippen LogP contribution is -2.40. The van der Waals surface area contributed by atoms with E-state index < -0.39 is 0 Å². The number of benzene rings is 1. The van der Waals surface area contributed by atoms with Gasteiger partial charge in [-0.15, -0.1) is 0 Å². The van der Waals surface area contributed by atoms with Crippen LogP contribution in [0.3, 0.4) is 0 Å². The standard InChI is InChI=1S/C20H26N4/c1-14-4-6-17(7-5-14)13-24-18(10-21)9-19(22)20(24)23-11-15(2)8-16(3)12-23/h4-7,9,15-16H,8,11-13,22H2,1-3H3. The van der Waals surface area contributed by atoms with E-state index in [2.05, 4.69) is 60.6 Å². The minimum Gasteiger partial charge on any atom is -0.396 e. The molecule has 1 aromatic heterocycles.